The number of amides is 2. The molecule has 0 aromatic heterocycles. The molecule has 7 nitrogen and oxygen atoms in total. The maximum absolute atomic E-state index is 13.1. The van der Waals surface area contributed by atoms with Gasteiger partial charge in [-0.25, -0.2) is 8.78 Å². The summed E-state index contributed by atoms with van der Waals surface area (Å²) in [6, 6.07) is -0.256. The Morgan fingerprint density at radius 3 is 2.35 bits per heavy atom. The van der Waals surface area contributed by atoms with Crippen LogP contribution in [-0.2, 0) is 4.79 Å². The highest BCUT2D eigenvalue weighted by molar-refractivity contribution is 6.00. The van der Waals surface area contributed by atoms with Crippen molar-refractivity contribution in [2.75, 3.05) is 7.05 Å². The topological polar surface area (TPSA) is 101 Å². The quantitative estimate of drug-likeness (QED) is 0.629. The number of carbonyl (C=O) groups is 2. The van der Waals surface area contributed by atoms with Crippen LogP contribution in [0, 0.1) is 21.7 Å². The molecule has 108 valence electrons. The third kappa shape index (κ3) is 3.25. The van der Waals surface area contributed by atoms with Gasteiger partial charge >= 0.3 is 0 Å². The van der Waals surface area contributed by atoms with Crippen molar-refractivity contribution in [2.24, 2.45) is 0 Å². The second kappa shape index (κ2) is 6.04. The van der Waals surface area contributed by atoms with Crippen molar-refractivity contribution in [2.45, 2.75) is 13.0 Å². The van der Waals surface area contributed by atoms with Crippen LogP contribution < -0.4 is 10.6 Å². The molecule has 1 rings (SSSR count). The van der Waals surface area contributed by atoms with Crippen molar-refractivity contribution < 1.29 is 23.3 Å². The molecule has 0 spiro atoms. The Morgan fingerprint density at radius 2 is 1.85 bits per heavy atom. The first kappa shape index (κ1) is 15.5. The Kier molecular flexibility index (Phi) is 4.68. The number of nitro groups is 1. The van der Waals surface area contributed by atoms with Crippen LogP contribution in [0.2, 0.25) is 0 Å². The third-order valence-corrected chi connectivity index (χ3v) is 2.47. The van der Waals surface area contributed by atoms with Crippen molar-refractivity contribution in [3.05, 3.63) is 39.4 Å². The van der Waals surface area contributed by atoms with Crippen LogP contribution in [0.5, 0.6) is 0 Å². The lowest BCUT2D eigenvalue weighted by Crippen LogP contribution is -2.43. The number of nitrogens with one attached hydrogen (secondary N) is 2. The zero-order valence-electron chi connectivity index (χ0n) is 10.6. The van der Waals surface area contributed by atoms with Crippen LogP contribution in [0.4, 0.5) is 14.5 Å². The molecule has 0 aliphatic heterocycles. The molecular formula is C11H11F2N3O4. The molecule has 1 unspecified atom stereocenters. The molecule has 0 heterocycles. The Labute approximate surface area is 112 Å². The van der Waals surface area contributed by atoms with Gasteiger partial charge in [-0.1, -0.05) is 0 Å². The normalized spacial score (nSPS) is 11.6. The number of nitrogens with zero attached hydrogens (tertiary/aromatic N) is 1. The zero-order valence-corrected chi connectivity index (χ0v) is 10.6. The minimum atomic E-state index is -1.44. The molecule has 2 amide bonds. The van der Waals surface area contributed by atoms with Crippen LogP contribution in [0.3, 0.4) is 0 Å². The number of carbonyl (C=O) groups excluding carboxylic acids is 2. The Balaban J connectivity index is 3.12. The van der Waals surface area contributed by atoms with E-state index >= 15 is 0 Å². The summed E-state index contributed by atoms with van der Waals surface area (Å²) in [5.41, 5.74) is -1.55. The van der Waals surface area contributed by atoms with Crippen molar-refractivity contribution >= 4 is 17.5 Å². The summed E-state index contributed by atoms with van der Waals surface area (Å²) >= 11 is 0. The van der Waals surface area contributed by atoms with E-state index in [-0.39, 0.29) is 0 Å². The van der Waals surface area contributed by atoms with Crippen molar-refractivity contribution in [1.29, 1.82) is 0 Å². The number of likely N-dealkylation sites (N-methyl/N-ethyl adjacent to an activating group) is 1. The number of halogens is 2. The lowest BCUT2D eigenvalue weighted by atomic mass is 10.1. The van der Waals surface area contributed by atoms with Gasteiger partial charge in [0.05, 0.1) is 11.0 Å². The molecule has 1 atom stereocenters. The molecule has 2 N–H and O–H groups in total. The molecule has 0 saturated carbocycles. The summed E-state index contributed by atoms with van der Waals surface area (Å²) in [4.78, 5) is 32.7. The second-order valence-electron chi connectivity index (χ2n) is 3.85. The average Bonchev–Trinajstić information content (AvgIpc) is 2.39. The first-order valence-corrected chi connectivity index (χ1v) is 5.43. The fraction of sp³-hybridized carbons (Fsp3) is 0.273. The number of rotatable bonds is 4. The fourth-order valence-electron chi connectivity index (χ4n) is 1.43. The molecule has 0 aliphatic rings. The van der Waals surface area contributed by atoms with Gasteiger partial charge in [-0.3, -0.25) is 19.7 Å². The SMILES string of the molecule is CNC(=O)C(C)NC(=O)c1cc(F)c(F)cc1[N+](=O)[O-]. The van der Waals surface area contributed by atoms with E-state index in [0.29, 0.717) is 12.1 Å². The van der Waals surface area contributed by atoms with E-state index < -0.39 is 45.7 Å². The minimum absolute atomic E-state index is 0.314. The fourth-order valence-corrected chi connectivity index (χ4v) is 1.43. The van der Waals surface area contributed by atoms with Gasteiger partial charge in [-0.2, -0.15) is 0 Å². The maximum Gasteiger partial charge on any atom is 0.285 e. The van der Waals surface area contributed by atoms with Crippen LogP contribution in [-0.4, -0.2) is 29.8 Å². The summed E-state index contributed by atoms with van der Waals surface area (Å²) in [6.45, 7) is 1.34. The second-order valence-corrected chi connectivity index (χ2v) is 3.85. The Bertz CT molecular complexity index is 577. The minimum Gasteiger partial charge on any atom is -0.357 e. The molecule has 0 fully saturated rings. The standard InChI is InChI=1S/C11H11F2N3O4/c1-5(10(17)14-2)15-11(18)6-3-7(12)8(13)4-9(6)16(19)20/h3-5H,1-2H3,(H,14,17)(H,15,18). The zero-order chi connectivity index (χ0) is 15.4. The van der Waals surface area contributed by atoms with E-state index in [9.17, 15) is 28.5 Å². The van der Waals surface area contributed by atoms with E-state index in [1.54, 1.807) is 0 Å². The monoisotopic (exact) mass is 287 g/mol. The number of hydrogen-bond acceptors (Lipinski definition) is 4. The van der Waals surface area contributed by atoms with Gasteiger partial charge in [0.15, 0.2) is 11.6 Å². The predicted octanol–water partition coefficient (Wildman–Crippen LogP) is 0.737. The highest BCUT2D eigenvalue weighted by atomic mass is 19.2. The summed E-state index contributed by atoms with van der Waals surface area (Å²) in [7, 11) is 1.34. The van der Waals surface area contributed by atoms with Gasteiger partial charge in [0, 0.05) is 7.05 Å². The van der Waals surface area contributed by atoms with Gasteiger partial charge in [0.25, 0.3) is 11.6 Å². The van der Waals surface area contributed by atoms with Crippen molar-refractivity contribution in [3.8, 4) is 0 Å². The maximum atomic E-state index is 13.1. The van der Waals surface area contributed by atoms with Gasteiger partial charge in [0.1, 0.15) is 11.6 Å². The van der Waals surface area contributed by atoms with Gasteiger partial charge in [0.2, 0.25) is 5.91 Å². The lowest BCUT2D eigenvalue weighted by Gasteiger charge is -2.12. The van der Waals surface area contributed by atoms with Gasteiger partial charge < -0.3 is 10.6 Å². The van der Waals surface area contributed by atoms with E-state index in [1.807, 2.05) is 0 Å². The third-order valence-electron chi connectivity index (χ3n) is 2.47. The summed E-state index contributed by atoms with van der Waals surface area (Å²) in [5, 5.41) is 15.1. The Hall–Kier alpha value is -2.58. The Morgan fingerprint density at radius 1 is 1.30 bits per heavy atom. The molecule has 9 heteroatoms. The van der Waals surface area contributed by atoms with Crippen LogP contribution in [0.25, 0.3) is 0 Å². The highest BCUT2D eigenvalue weighted by Crippen LogP contribution is 2.22. The molecule has 0 aliphatic carbocycles. The first-order chi connectivity index (χ1) is 9.27. The number of nitro benzene ring substituents is 1. The van der Waals surface area contributed by atoms with Crippen molar-refractivity contribution in [1.82, 2.24) is 10.6 Å². The van der Waals surface area contributed by atoms with E-state index in [1.165, 1.54) is 14.0 Å². The lowest BCUT2D eigenvalue weighted by molar-refractivity contribution is -0.385. The largest absolute Gasteiger partial charge is 0.357 e. The van der Waals surface area contributed by atoms with Crippen molar-refractivity contribution in [3.63, 3.8) is 0 Å². The van der Waals surface area contributed by atoms with Gasteiger partial charge in [-0.15, -0.1) is 0 Å². The van der Waals surface area contributed by atoms with Gasteiger partial charge in [-0.05, 0) is 13.0 Å². The molecule has 0 radical (unpaired) electrons. The molecule has 20 heavy (non-hydrogen) atoms. The molecule has 0 bridgehead atoms. The van der Waals surface area contributed by atoms with Crippen LogP contribution in [0.15, 0.2) is 12.1 Å². The summed E-state index contributed by atoms with van der Waals surface area (Å²) in [5.74, 6) is -4.42. The molecule has 1 aromatic rings. The van der Waals surface area contributed by atoms with E-state index in [2.05, 4.69) is 10.6 Å². The predicted molar refractivity (Wildman–Crippen MR) is 64.0 cm³/mol. The summed E-state index contributed by atoms with van der Waals surface area (Å²) in [6.07, 6.45) is 0. The number of hydrogen-bond donors (Lipinski definition) is 2. The molecular weight excluding hydrogens is 276 g/mol. The van der Waals surface area contributed by atoms with E-state index in [4.69, 9.17) is 0 Å². The molecule has 1 aromatic carbocycles. The first-order valence-electron chi connectivity index (χ1n) is 5.43. The highest BCUT2D eigenvalue weighted by Gasteiger charge is 2.25. The van der Waals surface area contributed by atoms with Crippen LogP contribution >= 0.6 is 0 Å². The van der Waals surface area contributed by atoms with Crippen LogP contribution in [0.1, 0.15) is 17.3 Å². The molecule has 0 saturated heterocycles. The average molecular weight is 287 g/mol. The van der Waals surface area contributed by atoms with E-state index in [0.717, 1.165) is 0 Å². The number of benzene rings is 1. The summed E-state index contributed by atoms with van der Waals surface area (Å²) < 4.78 is 26.0. The smallest absolute Gasteiger partial charge is 0.285 e.